The molecule has 0 bridgehead atoms. The molecular formula is C17H22FNOS. The van der Waals surface area contributed by atoms with Crippen molar-refractivity contribution in [2.45, 2.75) is 12.8 Å². The van der Waals surface area contributed by atoms with Gasteiger partial charge in [0.05, 0.1) is 6.61 Å². The van der Waals surface area contributed by atoms with Gasteiger partial charge in [-0.3, -0.25) is 0 Å². The molecule has 0 saturated heterocycles. The maximum Gasteiger partial charge on any atom is 0.123 e. The van der Waals surface area contributed by atoms with Gasteiger partial charge in [0, 0.05) is 13.7 Å². The van der Waals surface area contributed by atoms with Gasteiger partial charge in [0.1, 0.15) is 5.82 Å². The Hall–Kier alpha value is -1.23. The Balaban J connectivity index is 1.93. The molecule has 0 aliphatic rings. The fraction of sp³-hybridized carbons (Fsp3) is 0.412. The van der Waals surface area contributed by atoms with Crippen LogP contribution in [-0.2, 0) is 17.6 Å². The van der Waals surface area contributed by atoms with E-state index in [-0.39, 0.29) is 5.82 Å². The summed E-state index contributed by atoms with van der Waals surface area (Å²) in [6.07, 6.45) is 1.90. The van der Waals surface area contributed by atoms with Gasteiger partial charge in [-0.15, -0.1) is 0 Å². The fourth-order valence-electron chi connectivity index (χ4n) is 2.44. The van der Waals surface area contributed by atoms with Gasteiger partial charge >= 0.3 is 0 Å². The minimum Gasteiger partial charge on any atom is -0.383 e. The van der Waals surface area contributed by atoms with Crippen molar-refractivity contribution in [2.24, 2.45) is 5.92 Å². The third-order valence-corrected chi connectivity index (χ3v) is 4.17. The van der Waals surface area contributed by atoms with Crippen molar-refractivity contribution in [3.8, 4) is 0 Å². The molecule has 0 aliphatic carbocycles. The highest BCUT2D eigenvalue weighted by Gasteiger charge is 2.11. The summed E-state index contributed by atoms with van der Waals surface area (Å²) in [5.74, 6) is 0.299. The normalized spacial score (nSPS) is 12.5. The number of ether oxygens (including phenoxy) is 1. The highest BCUT2D eigenvalue weighted by molar-refractivity contribution is 7.07. The summed E-state index contributed by atoms with van der Waals surface area (Å²) in [5.41, 5.74) is 2.42. The number of nitrogens with one attached hydrogen (secondary N) is 1. The highest BCUT2D eigenvalue weighted by atomic mass is 32.1. The van der Waals surface area contributed by atoms with Crippen molar-refractivity contribution in [1.82, 2.24) is 5.32 Å². The van der Waals surface area contributed by atoms with Gasteiger partial charge in [-0.2, -0.15) is 11.3 Å². The summed E-state index contributed by atoms with van der Waals surface area (Å²) >= 11 is 1.72. The average molecular weight is 307 g/mol. The lowest BCUT2D eigenvalue weighted by atomic mass is 9.93. The minimum absolute atomic E-state index is 0.158. The number of methoxy groups -OCH3 is 1. The number of benzene rings is 1. The second-order valence-electron chi connectivity index (χ2n) is 5.23. The fourth-order valence-corrected chi connectivity index (χ4v) is 3.12. The van der Waals surface area contributed by atoms with Gasteiger partial charge in [0.25, 0.3) is 0 Å². The summed E-state index contributed by atoms with van der Waals surface area (Å²) in [4.78, 5) is 0. The largest absolute Gasteiger partial charge is 0.383 e. The zero-order valence-corrected chi connectivity index (χ0v) is 13.2. The molecule has 0 radical (unpaired) electrons. The van der Waals surface area contributed by atoms with Crippen molar-refractivity contribution >= 4 is 11.3 Å². The van der Waals surface area contributed by atoms with Crippen molar-refractivity contribution in [3.63, 3.8) is 0 Å². The van der Waals surface area contributed by atoms with Crippen LogP contribution in [0.3, 0.4) is 0 Å². The Morgan fingerprint density at radius 3 is 2.81 bits per heavy atom. The molecule has 0 fully saturated rings. The van der Waals surface area contributed by atoms with Crippen molar-refractivity contribution in [2.75, 3.05) is 26.8 Å². The third kappa shape index (κ3) is 5.96. The summed E-state index contributed by atoms with van der Waals surface area (Å²) in [6, 6.07) is 9.08. The van der Waals surface area contributed by atoms with E-state index in [1.165, 1.54) is 11.6 Å². The minimum atomic E-state index is -0.158. The quantitative estimate of drug-likeness (QED) is 0.716. The average Bonchev–Trinajstić information content (AvgIpc) is 2.96. The molecule has 4 heteroatoms. The lowest BCUT2D eigenvalue weighted by Gasteiger charge is -2.17. The van der Waals surface area contributed by atoms with E-state index in [1.807, 2.05) is 6.07 Å². The SMILES string of the molecule is COCCNCC(Cc1ccsc1)Cc1cccc(F)c1. The van der Waals surface area contributed by atoms with Gasteiger partial charge in [-0.1, -0.05) is 12.1 Å². The molecule has 1 atom stereocenters. The Morgan fingerprint density at radius 2 is 2.10 bits per heavy atom. The monoisotopic (exact) mass is 307 g/mol. The lowest BCUT2D eigenvalue weighted by Crippen LogP contribution is -2.28. The Bertz CT molecular complexity index is 515. The third-order valence-electron chi connectivity index (χ3n) is 3.43. The molecule has 21 heavy (non-hydrogen) atoms. The molecule has 0 saturated carbocycles. The summed E-state index contributed by atoms with van der Waals surface area (Å²) in [5, 5.41) is 7.71. The second-order valence-corrected chi connectivity index (χ2v) is 6.01. The zero-order valence-electron chi connectivity index (χ0n) is 12.3. The summed E-state index contributed by atoms with van der Waals surface area (Å²) in [6.45, 7) is 2.47. The number of rotatable bonds is 9. The molecule has 2 nitrogen and oxygen atoms in total. The molecule has 1 unspecified atom stereocenters. The van der Waals surface area contributed by atoms with E-state index in [0.717, 1.165) is 31.5 Å². The molecule has 1 aromatic heterocycles. The first-order chi connectivity index (χ1) is 10.3. The van der Waals surface area contributed by atoms with E-state index < -0.39 is 0 Å². The Labute approximate surface area is 130 Å². The zero-order chi connectivity index (χ0) is 14.9. The number of hydrogen-bond donors (Lipinski definition) is 1. The van der Waals surface area contributed by atoms with Gasteiger partial charge in [0.15, 0.2) is 0 Å². The van der Waals surface area contributed by atoms with E-state index in [0.29, 0.717) is 12.5 Å². The number of thiophene rings is 1. The maximum absolute atomic E-state index is 13.3. The van der Waals surface area contributed by atoms with E-state index in [9.17, 15) is 4.39 Å². The number of halogens is 1. The molecule has 0 amide bonds. The molecule has 0 aliphatic heterocycles. The maximum atomic E-state index is 13.3. The van der Waals surface area contributed by atoms with Crippen LogP contribution in [-0.4, -0.2) is 26.8 Å². The Kier molecular flexibility index (Phi) is 6.86. The van der Waals surface area contributed by atoms with Crippen LogP contribution in [0.25, 0.3) is 0 Å². The molecule has 2 aromatic rings. The topological polar surface area (TPSA) is 21.3 Å². The molecule has 2 rings (SSSR count). The molecule has 1 heterocycles. The number of hydrogen-bond acceptors (Lipinski definition) is 3. The van der Waals surface area contributed by atoms with Crippen LogP contribution in [0, 0.1) is 11.7 Å². The lowest BCUT2D eigenvalue weighted by molar-refractivity contribution is 0.197. The molecule has 1 N–H and O–H groups in total. The second kappa shape index (κ2) is 8.93. The first-order valence-corrected chi connectivity index (χ1v) is 8.17. The van der Waals surface area contributed by atoms with Gasteiger partial charge in [-0.05, 0) is 65.4 Å². The van der Waals surface area contributed by atoms with Crippen molar-refractivity contribution < 1.29 is 9.13 Å². The highest BCUT2D eigenvalue weighted by Crippen LogP contribution is 2.17. The van der Waals surface area contributed by atoms with Crippen LogP contribution < -0.4 is 5.32 Å². The summed E-state index contributed by atoms with van der Waals surface area (Å²) in [7, 11) is 1.71. The predicted molar refractivity (Wildman–Crippen MR) is 86.4 cm³/mol. The van der Waals surface area contributed by atoms with Crippen LogP contribution >= 0.6 is 11.3 Å². The van der Waals surface area contributed by atoms with E-state index in [2.05, 4.69) is 22.1 Å². The van der Waals surface area contributed by atoms with Gasteiger partial charge in [0.2, 0.25) is 0 Å². The smallest absolute Gasteiger partial charge is 0.123 e. The van der Waals surface area contributed by atoms with E-state index in [1.54, 1.807) is 30.6 Å². The summed E-state index contributed by atoms with van der Waals surface area (Å²) < 4.78 is 18.4. The van der Waals surface area contributed by atoms with E-state index >= 15 is 0 Å². The van der Waals surface area contributed by atoms with Crippen LogP contribution in [0.1, 0.15) is 11.1 Å². The van der Waals surface area contributed by atoms with Crippen LogP contribution in [0.2, 0.25) is 0 Å². The first kappa shape index (κ1) is 16.1. The Morgan fingerprint density at radius 1 is 1.24 bits per heavy atom. The molecular weight excluding hydrogens is 285 g/mol. The van der Waals surface area contributed by atoms with Gasteiger partial charge < -0.3 is 10.1 Å². The standard InChI is InChI=1S/C17H22FNOS/c1-20-7-6-19-12-16(10-15-5-8-21-13-15)9-14-3-2-4-17(18)11-14/h2-5,8,11,13,16,19H,6-7,9-10,12H2,1H3. The first-order valence-electron chi connectivity index (χ1n) is 7.23. The molecule has 114 valence electrons. The van der Waals surface area contributed by atoms with Crippen LogP contribution in [0.5, 0.6) is 0 Å². The predicted octanol–water partition coefficient (Wildman–Crippen LogP) is 3.52. The molecule has 1 aromatic carbocycles. The van der Waals surface area contributed by atoms with Gasteiger partial charge in [-0.25, -0.2) is 4.39 Å². The van der Waals surface area contributed by atoms with E-state index in [4.69, 9.17) is 4.74 Å². The van der Waals surface area contributed by atoms with Crippen LogP contribution in [0.4, 0.5) is 4.39 Å². The van der Waals surface area contributed by atoms with Crippen LogP contribution in [0.15, 0.2) is 41.1 Å². The molecule has 0 spiro atoms. The van der Waals surface area contributed by atoms with Crippen molar-refractivity contribution in [3.05, 3.63) is 58.0 Å². The van der Waals surface area contributed by atoms with Crippen molar-refractivity contribution in [1.29, 1.82) is 0 Å².